The summed E-state index contributed by atoms with van der Waals surface area (Å²) in [6, 6.07) is -0.888. The van der Waals surface area contributed by atoms with Crippen molar-refractivity contribution in [3.63, 3.8) is 0 Å². The third-order valence-corrected chi connectivity index (χ3v) is 6.22. The molecular formula is C18H21N5O7S2. The normalized spacial score (nSPS) is 20.1. The van der Waals surface area contributed by atoms with E-state index in [1.54, 1.807) is 25.3 Å². The molecule has 1 fully saturated rings. The fourth-order valence-electron chi connectivity index (χ4n) is 2.81. The van der Waals surface area contributed by atoms with Gasteiger partial charge < -0.3 is 25.4 Å². The minimum Gasteiger partial charge on any atom is -0.428 e. The number of thioether (sulfide) groups is 1. The van der Waals surface area contributed by atoms with Crippen LogP contribution in [0.25, 0.3) is 0 Å². The second kappa shape index (κ2) is 9.99. The first kappa shape index (κ1) is 23.5. The molecule has 2 aliphatic rings. The third-order valence-electron chi connectivity index (χ3n) is 4.37. The maximum Gasteiger partial charge on any atom is 0.357 e. The number of carbonyl (C=O) groups is 4. The number of ether oxygens (including phenoxy) is 2. The maximum atomic E-state index is 12.7. The molecule has 0 saturated carbocycles. The van der Waals surface area contributed by atoms with E-state index in [4.69, 9.17) is 20.0 Å². The van der Waals surface area contributed by atoms with Gasteiger partial charge in [-0.2, -0.15) is 0 Å². The average Bonchev–Trinajstić information content (AvgIpc) is 3.20. The van der Waals surface area contributed by atoms with E-state index in [1.165, 1.54) is 23.8 Å². The van der Waals surface area contributed by atoms with E-state index >= 15 is 0 Å². The molecule has 3 N–H and O–H groups in total. The van der Waals surface area contributed by atoms with E-state index in [0.29, 0.717) is 5.75 Å². The van der Waals surface area contributed by atoms with Crippen LogP contribution in [0.2, 0.25) is 0 Å². The molecule has 12 nitrogen and oxygen atoms in total. The van der Waals surface area contributed by atoms with E-state index in [0.717, 1.165) is 11.3 Å². The van der Waals surface area contributed by atoms with Crippen LogP contribution < -0.4 is 11.1 Å². The van der Waals surface area contributed by atoms with Crippen LogP contribution in [-0.2, 0) is 33.5 Å². The first-order valence-corrected chi connectivity index (χ1v) is 11.3. The predicted molar refractivity (Wildman–Crippen MR) is 115 cm³/mol. The first-order chi connectivity index (χ1) is 15.2. The molecule has 2 atom stereocenters. The van der Waals surface area contributed by atoms with Crippen molar-refractivity contribution >= 4 is 57.7 Å². The highest BCUT2D eigenvalue weighted by Crippen LogP contribution is 2.37. The van der Waals surface area contributed by atoms with E-state index in [9.17, 15) is 19.2 Å². The van der Waals surface area contributed by atoms with Gasteiger partial charge in [-0.3, -0.25) is 19.3 Å². The van der Waals surface area contributed by atoms with Crippen molar-refractivity contribution in [1.29, 1.82) is 0 Å². The number of nitrogens with zero attached hydrogens (tertiary/aromatic N) is 3. The van der Waals surface area contributed by atoms with Gasteiger partial charge in [0.2, 0.25) is 6.79 Å². The van der Waals surface area contributed by atoms with E-state index in [1.807, 2.05) is 0 Å². The Labute approximate surface area is 191 Å². The molecule has 1 aromatic rings. The van der Waals surface area contributed by atoms with Crippen molar-refractivity contribution < 1.29 is 33.5 Å². The Morgan fingerprint density at radius 3 is 2.75 bits per heavy atom. The van der Waals surface area contributed by atoms with E-state index in [-0.39, 0.29) is 28.2 Å². The second-order valence-corrected chi connectivity index (χ2v) is 8.87. The number of esters is 2. The van der Waals surface area contributed by atoms with Gasteiger partial charge in [0.25, 0.3) is 11.8 Å². The molecule has 1 saturated heterocycles. The van der Waals surface area contributed by atoms with Crippen molar-refractivity contribution in [2.45, 2.75) is 25.3 Å². The summed E-state index contributed by atoms with van der Waals surface area (Å²) in [7, 11) is 1.28. The Hall–Kier alpha value is -3.13. The number of hydrogen-bond donors (Lipinski definition) is 2. The lowest BCUT2D eigenvalue weighted by atomic mass is 10.0. The van der Waals surface area contributed by atoms with Gasteiger partial charge in [0.05, 0.1) is 5.92 Å². The highest BCUT2D eigenvalue weighted by Gasteiger charge is 2.53. The van der Waals surface area contributed by atoms with Crippen LogP contribution in [0.1, 0.15) is 19.5 Å². The van der Waals surface area contributed by atoms with Gasteiger partial charge in [0.1, 0.15) is 29.9 Å². The van der Waals surface area contributed by atoms with Crippen molar-refractivity contribution in [2.75, 3.05) is 25.4 Å². The summed E-state index contributed by atoms with van der Waals surface area (Å²) in [5, 5.41) is 7.56. The molecule has 1 aromatic heterocycles. The topological polar surface area (TPSA) is 163 Å². The number of β-lactam (4-membered cyclic amide) rings is 1. The van der Waals surface area contributed by atoms with Crippen LogP contribution in [0.15, 0.2) is 22.3 Å². The Bertz CT molecular complexity index is 990. The number of anilines is 1. The molecule has 32 heavy (non-hydrogen) atoms. The van der Waals surface area contributed by atoms with Crippen LogP contribution in [0.4, 0.5) is 5.13 Å². The molecule has 0 radical (unpaired) electrons. The van der Waals surface area contributed by atoms with Gasteiger partial charge in [-0.1, -0.05) is 19.0 Å². The molecule has 0 aromatic carbocycles. The standard InChI is InChI=1S/C18H21N5O7S2/c1-8(2)16(26)29-7-30-17(27)10-4-5-31-15-12(14(25)23(10)15)21-13(24)11(22-28-3)9-6-32-18(19)20-9/h4,6,8,12,15H,5,7H2,1-3H3,(H2,19,20)(H,21,24)/b22-11+. The summed E-state index contributed by atoms with van der Waals surface area (Å²) < 4.78 is 9.78. The molecule has 2 unspecified atom stereocenters. The number of rotatable bonds is 8. The zero-order chi connectivity index (χ0) is 23.4. The zero-order valence-corrected chi connectivity index (χ0v) is 19.0. The number of thiazole rings is 1. The fraction of sp³-hybridized carbons (Fsp3) is 0.444. The minimum absolute atomic E-state index is 0.0305. The summed E-state index contributed by atoms with van der Waals surface area (Å²) >= 11 is 2.49. The number of fused-ring (bicyclic) bond motifs is 1. The zero-order valence-electron chi connectivity index (χ0n) is 17.4. The molecule has 2 aliphatic heterocycles. The lowest BCUT2D eigenvalue weighted by Gasteiger charge is -2.48. The van der Waals surface area contributed by atoms with E-state index < -0.39 is 42.0 Å². The number of hydrogen-bond acceptors (Lipinski definition) is 12. The monoisotopic (exact) mass is 483 g/mol. The molecule has 172 valence electrons. The number of nitrogens with one attached hydrogen (secondary N) is 1. The summed E-state index contributed by atoms with van der Waals surface area (Å²) in [4.78, 5) is 59.2. The molecular weight excluding hydrogens is 462 g/mol. The SMILES string of the molecule is CO/N=C(/C(=O)NC1C(=O)N2C(C(=O)OCOC(=O)C(C)C)=CCSC12)c1csc(N)n1. The number of aromatic nitrogens is 1. The third kappa shape index (κ3) is 4.85. The van der Waals surface area contributed by atoms with Crippen molar-refractivity contribution in [1.82, 2.24) is 15.2 Å². The van der Waals surface area contributed by atoms with Gasteiger partial charge >= 0.3 is 11.9 Å². The van der Waals surface area contributed by atoms with Gasteiger partial charge in [-0.05, 0) is 6.08 Å². The fourth-order valence-corrected chi connectivity index (χ4v) is 4.56. The molecule has 3 rings (SSSR count). The van der Waals surface area contributed by atoms with Crippen LogP contribution in [0, 0.1) is 5.92 Å². The molecule has 14 heteroatoms. The number of carbonyl (C=O) groups excluding carboxylic acids is 4. The molecule has 0 bridgehead atoms. The Morgan fingerprint density at radius 2 is 2.12 bits per heavy atom. The molecule has 2 amide bonds. The van der Waals surface area contributed by atoms with Gasteiger partial charge in [-0.15, -0.1) is 23.1 Å². The van der Waals surface area contributed by atoms with Crippen LogP contribution in [0.3, 0.4) is 0 Å². The molecule has 0 aliphatic carbocycles. The number of oxime groups is 1. The minimum atomic E-state index is -0.888. The lowest BCUT2D eigenvalue weighted by Crippen LogP contribution is -2.70. The first-order valence-electron chi connectivity index (χ1n) is 9.36. The highest BCUT2D eigenvalue weighted by molar-refractivity contribution is 8.00. The Balaban J connectivity index is 1.62. The molecule has 0 spiro atoms. The smallest absolute Gasteiger partial charge is 0.357 e. The van der Waals surface area contributed by atoms with E-state index in [2.05, 4.69) is 15.5 Å². The Morgan fingerprint density at radius 1 is 1.38 bits per heavy atom. The van der Waals surface area contributed by atoms with Crippen LogP contribution >= 0.6 is 23.1 Å². The molecule has 3 heterocycles. The average molecular weight is 484 g/mol. The van der Waals surface area contributed by atoms with Crippen LogP contribution in [0.5, 0.6) is 0 Å². The van der Waals surface area contributed by atoms with Crippen molar-refractivity contribution in [3.8, 4) is 0 Å². The summed E-state index contributed by atoms with van der Waals surface area (Å²) in [6.45, 7) is 2.74. The maximum absolute atomic E-state index is 12.7. The summed E-state index contributed by atoms with van der Waals surface area (Å²) in [6.07, 6.45) is 1.54. The lowest BCUT2D eigenvalue weighted by molar-refractivity contribution is -0.170. The summed E-state index contributed by atoms with van der Waals surface area (Å²) in [5.74, 6) is -2.43. The van der Waals surface area contributed by atoms with Crippen molar-refractivity contribution in [2.24, 2.45) is 11.1 Å². The van der Waals surface area contributed by atoms with Gasteiger partial charge in [0, 0.05) is 11.1 Å². The van der Waals surface area contributed by atoms with Gasteiger partial charge in [-0.25, -0.2) is 9.78 Å². The second-order valence-electron chi connectivity index (χ2n) is 6.83. The predicted octanol–water partition coefficient (Wildman–Crippen LogP) is 0.0595. The Kier molecular flexibility index (Phi) is 7.35. The highest BCUT2D eigenvalue weighted by atomic mass is 32.2. The number of amides is 2. The number of nitrogens with two attached hydrogens (primary N) is 1. The van der Waals surface area contributed by atoms with Crippen LogP contribution in [-0.4, -0.2) is 70.4 Å². The van der Waals surface area contributed by atoms with Crippen molar-refractivity contribution in [3.05, 3.63) is 22.8 Å². The summed E-state index contributed by atoms with van der Waals surface area (Å²) in [5.41, 5.74) is 5.72. The largest absolute Gasteiger partial charge is 0.428 e. The quantitative estimate of drug-likeness (QED) is 0.170. The van der Waals surface area contributed by atoms with Gasteiger partial charge in [0.15, 0.2) is 10.8 Å². The number of nitrogen functional groups attached to an aromatic ring is 1.